The summed E-state index contributed by atoms with van der Waals surface area (Å²) in [4.78, 5) is 6.84. The van der Waals surface area contributed by atoms with Crippen molar-refractivity contribution in [2.24, 2.45) is 11.1 Å². The van der Waals surface area contributed by atoms with Crippen LogP contribution >= 0.6 is 0 Å². The van der Waals surface area contributed by atoms with Gasteiger partial charge in [-0.05, 0) is 37.4 Å². The van der Waals surface area contributed by atoms with E-state index in [1.54, 1.807) is 0 Å². The van der Waals surface area contributed by atoms with Crippen LogP contribution in [0.5, 0.6) is 0 Å². The van der Waals surface area contributed by atoms with Gasteiger partial charge in [0.25, 0.3) is 0 Å². The van der Waals surface area contributed by atoms with E-state index < -0.39 is 0 Å². The van der Waals surface area contributed by atoms with Gasteiger partial charge in [-0.2, -0.15) is 0 Å². The third kappa shape index (κ3) is 2.17. The lowest BCUT2D eigenvalue weighted by Crippen LogP contribution is -2.58. The Balaban J connectivity index is 2.18. The Morgan fingerprint density at radius 1 is 1.33 bits per heavy atom. The molecule has 0 aromatic carbocycles. The van der Waals surface area contributed by atoms with Crippen LogP contribution in [0.2, 0.25) is 0 Å². The smallest absolute Gasteiger partial charge is 0.0544 e. The summed E-state index contributed by atoms with van der Waals surface area (Å²) in [6.07, 6.45) is 5.59. The fourth-order valence-corrected chi connectivity index (χ4v) is 3.52. The van der Waals surface area contributed by atoms with Gasteiger partial charge in [-0.1, -0.05) is 26.3 Å². The first-order chi connectivity index (χ1) is 8.52. The van der Waals surface area contributed by atoms with Gasteiger partial charge in [0.05, 0.1) is 5.69 Å². The molecule has 1 unspecified atom stereocenters. The summed E-state index contributed by atoms with van der Waals surface area (Å²) >= 11 is 0. The van der Waals surface area contributed by atoms with Gasteiger partial charge in [0, 0.05) is 24.8 Å². The first-order valence-electron chi connectivity index (χ1n) is 6.83. The Bertz CT molecular complexity index is 388. The number of hydrogen-bond acceptors (Lipinski definition) is 3. The molecule has 1 atom stereocenters. The number of hydrogen-bond donors (Lipinski definition) is 1. The van der Waals surface area contributed by atoms with Crippen molar-refractivity contribution in [2.75, 3.05) is 13.6 Å². The number of nitrogens with zero attached hydrogens (tertiary/aromatic N) is 2. The van der Waals surface area contributed by atoms with Gasteiger partial charge in [-0.15, -0.1) is 0 Å². The minimum absolute atomic E-state index is 0.116. The standard InChI is InChI=1S/C15H25N3/c1-14(2)8-6-9-15(14,12-16)18(3)11-13-7-4-5-10-17-13/h4-5,7,10H,6,8-9,11-12,16H2,1-3H3. The van der Waals surface area contributed by atoms with Gasteiger partial charge in [-0.3, -0.25) is 9.88 Å². The molecule has 1 aliphatic carbocycles. The summed E-state index contributed by atoms with van der Waals surface area (Å²) in [7, 11) is 2.19. The molecule has 0 amide bonds. The summed E-state index contributed by atoms with van der Waals surface area (Å²) < 4.78 is 0. The van der Waals surface area contributed by atoms with Crippen LogP contribution in [0.15, 0.2) is 24.4 Å². The van der Waals surface area contributed by atoms with Crippen molar-refractivity contribution in [3.63, 3.8) is 0 Å². The van der Waals surface area contributed by atoms with E-state index in [1.807, 2.05) is 18.3 Å². The van der Waals surface area contributed by atoms with E-state index in [0.717, 1.165) is 18.8 Å². The SMILES string of the molecule is CN(Cc1ccccn1)C1(CN)CCCC1(C)C. The molecule has 3 heteroatoms. The van der Waals surface area contributed by atoms with Crippen molar-refractivity contribution in [3.05, 3.63) is 30.1 Å². The summed E-state index contributed by atoms with van der Waals surface area (Å²) in [5.74, 6) is 0. The van der Waals surface area contributed by atoms with Crippen LogP contribution in [0, 0.1) is 5.41 Å². The normalized spacial score (nSPS) is 26.7. The largest absolute Gasteiger partial charge is 0.329 e. The Morgan fingerprint density at radius 3 is 2.61 bits per heavy atom. The van der Waals surface area contributed by atoms with Gasteiger partial charge in [-0.25, -0.2) is 0 Å². The monoisotopic (exact) mass is 247 g/mol. The molecule has 1 aromatic rings. The maximum atomic E-state index is 6.14. The lowest BCUT2D eigenvalue weighted by Gasteiger charge is -2.47. The van der Waals surface area contributed by atoms with Crippen molar-refractivity contribution in [2.45, 2.75) is 45.2 Å². The third-order valence-electron chi connectivity index (χ3n) is 4.85. The Hall–Kier alpha value is -0.930. The molecule has 0 radical (unpaired) electrons. The second-order valence-corrected chi connectivity index (χ2v) is 6.15. The van der Waals surface area contributed by atoms with E-state index in [2.05, 4.69) is 36.8 Å². The Morgan fingerprint density at radius 2 is 2.11 bits per heavy atom. The van der Waals surface area contributed by atoms with Crippen molar-refractivity contribution in [1.29, 1.82) is 0 Å². The van der Waals surface area contributed by atoms with Crippen molar-refractivity contribution < 1.29 is 0 Å². The van der Waals surface area contributed by atoms with Gasteiger partial charge < -0.3 is 5.73 Å². The minimum atomic E-state index is 0.116. The Kier molecular flexibility index (Phi) is 3.74. The minimum Gasteiger partial charge on any atom is -0.329 e. The molecule has 100 valence electrons. The lowest BCUT2D eigenvalue weighted by atomic mass is 9.73. The highest BCUT2D eigenvalue weighted by Gasteiger charge is 2.50. The van der Waals surface area contributed by atoms with E-state index in [9.17, 15) is 0 Å². The van der Waals surface area contributed by atoms with Gasteiger partial charge in [0.1, 0.15) is 0 Å². The van der Waals surface area contributed by atoms with E-state index in [1.165, 1.54) is 19.3 Å². The predicted molar refractivity (Wildman–Crippen MR) is 75.1 cm³/mol. The molecule has 0 spiro atoms. The molecule has 1 saturated carbocycles. The average molecular weight is 247 g/mol. The second kappa shape index (κ2) is 4.98. The summed E-state index contributed by atoms with van der Waals surface area (Å²) in [5.41, 5.74) is 7.66. The van der Waals surface area contributed by atoms with Crippen LogP contribution < -0.4 is 5.73 Å². The number of likely N-dealkylation sites (N-methyl/N-ethyl adjacent to an activating group) is 1. The molecule has 18 heavy (non-hydrogen) atoms. The highest BCUT2D eigenvalue weighted by atomic mass is 15.2. The van der Waals surface area contributed by atoms with E-state index >= 15 is 0 Å². The van der Waals surface area contributed by atoms with Crippen LogP contribution in [-0.4, -0.2) is 29.0 Å². The fraction of sp³-hybridized carbons (Fsp3) is 0.667. The summed E-state index contributed by atoms with van der Waals surface area (Å²) in [6, 6.07) is 6.09. The first-order valence-corrected chi connectivity index (χ1v) is 6.83. The Labute approximate surface area is 110 Å². The molecule has 0 aliphatic heterocycles. The number of rotatable bonds is 4. The molecule has 1 aromatic heterocycles. The number of nitrogens with two attached hydrogens (primary N) is 1. The highest BCUT2D eigenvalue weighted by molar-refractivity contribution is 5.09. The van der Waals surface area contributed by atoms with Gasteiger partial charge in [0.2, 0.25) is 0 Å². The second-order valence-electron chi connectivity index (χ2n) is 6.15. The van der Waals surface area contributed by atoms with Crippen LogP contribution in [-0.2, 0) is 6.54 Å². The molecule has 2 N–H and O–H groups in total. The quantitative estimate of drug-likeness (QED) is 0.888. The summed E-state index contributed by atoms with van der Waals surface area (Å²) in [6.45, 7) is 6.30. The molecule has 2 rings (SSSR count). The van der Waals surface area contributed by atoms with E-state index in [0.29, 0.717) is 0 Å². The zero-order chi connectivity index (χ0) is 13.2. The van der Waals surface area contributed by atoms with Gasteiger partial charge in [0.15, 0.2) is 0 Å². The zero-order valence-electron chi connectivity index (χ0n) is 11.8. The molecule has 0 saturated heterocycles. The average Bonchev–Trinajstić information content (AvgIpc) is 2.66. The molecule has 1 fully saturated rings. The zero-order valence-corrected chi connectivity index (χ0v) is 11.8. The van der Waals surface area contributed by atoms with Crippen molar-refractivity contribution >= 4 is 0 Å². The van der Waals surface area contributed by atoms with Crippen molar-refractivity contribution in [3.8, 4) is 0 Å². The number of pyridine rings is 1. The first kappa shape index (κ1) is 13.5. The molecular formula is C15H25N3. The molecule has 1 aliphatic rings. The van der Waals surface area contributed by atoms with Crippen LogP contribution in [0.4, 0.5) is 0 Å². The third-order valence-corrected chi connectivity index (χ3v) is 4.85. The van der Waals surface area contributed by atoms with Crippen LogP contribution in [0.25, 0.3) is 0 Å². The predicted octanol–water partition coefficient (Wildman–Crippen LogP) is 2.42. The lowest BCUT2D eigenvalue weighted by molar-refractivity contribution is 0.0268. The maximum Gasteiger partial charge on any atom is 0.0544 e. The van der Waals surface area contributed by atoms with Crippen molar-refractivity contribution in [1.82, 2.24) is 9.88 Å². The highest BCUT2D eigenvalue weighted by Crippen LogP contribution is 2.48. The van der Waals surface area contributed by atoms with Crippen LogP contribution in [0.1, 0.15) is 38.8 Å². The molecule has 1 heterocycles. The maximum absolute atomic E-state index is 6.14. The summed E-state index contributed by atoms with van der Waals surface area (Å²) in [5, 5.41) is 0. The molecule has 0 bridgehead atoms. The van der Waals surface area contributed by atoms with E-state index in [4.69, 9.17) is 5.73 Å². The topological polar surface area (TPSA) is 42.2 Å². The molecule has 3 nitrogen and oxygen atoms in total. The molecular weight excluding hydrogens is 222 g/mol. The van der Waals surface area contributed by atoms with Gasteiger partial charge >= 0.3 is 0 Å². The number of aromatic nitrogens is 1. The van der Waals surface area contributed by atoms with E-state index in [-0.39, 0.29) is 11.0 Å². The fourth-order valence-electron chi connectivity index (χ4n) is 3.52. The van der Waals surface area contributed by atoms with Crippen LogP contribution in [0.3, 0.4) is 0 Å².